The Morgan fingerprint density at radius 1 is 1.07 bits per heavy atom. The first-order valence-electron chi connectivity index (χ1n) is 9.24. The molecular formula is C21H18N2O3S. The number of aromatic nitrogens is 1. The van der Waals surface area contributed by atoms with Gasteiger partial charge >= 0.3 is 0 Å². The lowest BCUT2D eigenvalue weighted by Gasteiger charge is -2.20. The van der Waals surface area contributed by atoms with Gasteiger partial charge in [-0.15, -0.1) is 0 Å². The van der Waals surface area contributed by atoms with E-state index in [0.717, 1.165) is 29.4 Å². The molecule has 0 spiro atoms. The maximum Gasteiger partial charge on any atom is 0.268 e. The van der Waals surface area contributed by atoms with Gasteiger partial charge in [-0.1, -0.05) is 18.2 Å². The van der Waals surface area contributed by atoms with Crippen molar-refractivity contribution >= 4 is 31.9 Å². The molecule has 2 bridgehead atoms. The molecule has 2 aliphatic heterocycles. The lowest BCUT2D eigenvalue weighted by atomic mass is 9.99. The van der Waals surface area contributed by atoms with Crippen LogP contribution in [0.5, 0.6) is 0 Å². The molecule has 2 aromatic carbocycles. The van der Waals surface area contributed by atoms with E-state index in [9.17, 15) is 8.42 Å². The monoisotopic (exact) mass is 378 g/mol. The fourth-order valence-electron chi connectivity index (χ4n) is 4.65. The highest BCUT2D eigenvalue weighted by molar-refractivity contribution is 7.90. The maximum absolute atomic E-state index is 13.2. The van der Waals surface area contributed by atoms with Crippen LogP contribution in [0.1, 0.15) is 30.2 Å². The second kappa shape index (κ2) is 5.24. The van der Waals surface area contributed by atoms with Crippen molar-refractivity contribution < 1.29 is 12.8 Å². The molecule has 2 aliphatic rings. The Morgan fingerprint density at radius 2 is 1.96 bits per heavy atom. The van der Waals surface area contributed by atoms with Crippen molar-refractivity contribution in [2.45, 2.75) is 36.2 Å². The summed E-state index contributed by atoms with van der Waals surface area (Å²) >= 11 is 0. The topological polar surface area (TPSA) is 64.2 Å². The molecule has 136 valence electrons. The first-order valence-corrected chi connectivity index (χ1v) is 10.7. The molecular weight excluding hydrogens is 360 g/mol. The number of nitrogens with zero attached hydrogens (tertiary/aromatic N) is 1. The average Bonchev–Trinajstić information content (AvgIpc) is 3.36. The fraction of sp³-hybridized carbons (Fsp3) is 0.238. The second-order valence-corrected chi connectivity index (χ2v) is 9.28. The van der Waals surface area contributed by atoms with E-state index in [-0.39, 0.29) is 4.90 Å². The molecule has 0 amide bonds. The summed E-state index contributed by atoms with van der Waals surface area (Å²) < 4.78 is 33.9. The van der Waals surface area contributed by atoms with Crippen LogP contribution in [0, 0.1) is 0 Å². The van der Waals surface area contributed by atoms with Crippen molar-refractivity contribution in [1.82, 2.24) is 9.29 Å². The number of fused-ring (bicyclic) bond motifs is 7. The number of hydrogen-bond acceptors (Lipinski definition) is 4. The van der Waals surface area contributed by atoms with Gasteiger partial charge in [-0.25, -0.2) is 12.4 Å². The molecule has 5 nitrogen and oxygen atoms in total. The summed E-state index contributed by atoms with van der Waals surface area (Å²) in [6.07, 6.45) is 4.77. The lowest BCUT2D eigenvalue weighted by molar-refractivity contribution is 0.441. The van der Waals surface area contributed by atoms with Gasteiger partial charge in [0.05, 0.1) is 10.4 Å². The van der Waals surface area contributed by atoms with Gasteiger partial charge in [-0.3, -0.25) is 0 Å². The number of furan rings is 1. The standard InChI is InChI=1S/C21H18N2O3S/c24-27(25,23-10-9-13-3-1-2-4-18(13)23)15-6-7-16-19(12-15)26-20-11-14-5-8-17(22-14)21(16)20/h1-4,6-7,9-10,12,14,17,22H,5,8,11H2. The van der Waals surface area contributed by atoms with E-state index in [4.69, 9.17) is 4.42 Å². The summed E-state index contributed by atoms with van der Waals surface area (Å²) in [6, 6.07) is 15.4. The Hall–Kier alpha value is -2.57. The molecule has 4 aromatic rings. The molecule has 2 unspecified atom stereocenters. The van der Waals surface area contributed by atoms with Crippen LogP contribution in [0.2, 0.25) is 0 Å². The fourth-order valence-corrected chi connectivity index (χ4v) is 6.02. The highest BCUT2D eigenvalue weighted by Gasteiger charge is 2.36. The Bertz CT molecular complexity index is 1320. The number of hydrogen-bond donors (Lipinski definition) is 1. The molecule has 1 fully saturated rings. The van der Waals surface area contributed by atoms with E-state index in [1.807, 2.05) is 36.4 Å². The van der Waals surface area contributed by atoms with E-state index in [0.29, 0.717) is 23.2 Å². The first-order chi connectivity index (χ1) is 13.1. The predicted octanol–water partition coefficient (Wildman–Crippen LogP) is 3.97. The molecule has 27 heavy (non-hydrogen) atoms. The van der Waals surface area contributed by atoms with Crippen molar-refractivity contribution in [3.63, 3.8) is 0 Å². The van der Waals surface area contributed by atoms with E-state index >= 15 is 0 Å². The summed E-state index contributed by atoms with van der Waals surface area (Å²) in [4.78, 5) is 0.251. The van der Waals surface area contributed by atoms with E-state index in [1.165, 1.54) is 16.0 Å². The van der Waals surface area contributed by atoms with Crippen LogP contribution in [0.15, 0.2) is 64.0 Å². The zero-order valence-electron chi connectivity index (χ0n) is 14.6. The summed E-state index contributed by atoms with van der Waals surface area (Å²) in [5, 5.41) is 5.56. The summed E-state index contributed by atoms with van der Waals surface area (Å²) in [5.74, 6) is 1.01. The van der Waals surface area contributed by atoms with Gasteiger partial charge in [0.25, 0.3) is 10.0 Å². The third-order valence-corrected chi connectivity index (χ3v) is 7.60. The summed E-state index contributed by atoms with van der Waals surface area (Å²) in [7, 11) is -3.68. The molecule has 1 saturated heterocycles. The highest BCUT2D eigenvalue weighted by atomic mass is 32.2. The van der Waals surface area contributed by atoms with Gasteiger partial charge in [0, 0.05) is 47.1 Å². The van der Waals surface area contributed by atoms with Crippen LogP contribution in [-0.4, -0.2) is 18.4 Å². The zero-order chi connectivity index (χ0) is 18.2. The molecule has 0 aliphatic carbocycles. The summed E-state index contributed by atoms with van der Waals surface area (Å²) in [6.45, 7) is 0. The number of para-hydroxylation sites is 1. The SMILES string of the molecule is O=S(=O)(c1ccc2c3c(oc2c1)CC1CCC3N1)n1ccc2ccccc21. The van der Waals surface area contributed by atoms with Gasteiger partial charge in [0.2, 0.25) is 0 Å². The molecule has 0 saturated carbocycles. The smallest absolute Gasteiger partial charge is 0.268 e. The molecule has 6 heteroatoms. The molecule has 2 atom stereocenters. The Labute approximate surface area is 156 Å². The van der Waals surface area contributed by atoms with E-state index in [2.05, 4.69) is 5.32 Å². The minimum absolute atomic E-state index is 0.251. The number of benzene rings is 2. The minimum atomic E-state index is -3.68. The van der Waals surface area contributed by atoms with Crippen LogP contribution >= 0.6 is 0 Å². The van der Waals surface area contributed by atoms with E-state index < -0.39 is 10.0 Å². The van der Waals surface area contributed by atoms with Crippen molar-refractivity contribution in [3.05, 3.63) is 66.1 Å². The second-order valence-electron chi connectivity index (χ2n) is 7.47. The molecule has 0 radical (unpaired) electrons. The molecule has 2 aromatic heterocycles. The first kappa shape index (κ1) is 15.5. The van der Waals surface area contributed by atoms with Gasteiger partial charge in [0.1, 0.15) is 11.3 Å². The summed E-state index contributed by atoms with van der Waals surface area (Å²) in [5.41, 5.74) is 2.55. The molecule has 6 rings (SSSR count). The predicted molar refractivity (Wildman–Crippen MR) is 103 cm³/mol. The van der Waals surface area contributed by atoms with Gasteiger partial charge in [0.15, 0.2) is 0 Å². The number of rotatable bonds is 2. The largest absolute Gasteiger partial charge is 0.461 e. The van der Waals surface area contributed by atoms with Crippen molar-refractivity contribution in [3.8, 4) is 0 Å². The van der Waals surface area contributed by atoms with Gasteiger partial charge in [-0.05, 0) is 37.1 Å². The quantitative estimate of drug-likeness (QED) is 0.573. The van der Waals surface area contributed by atoms with Gasteiger partial charge in [-0.2, -0.15) is 0 Å². The van der Waals surface area contributed by atoms with Crippen molar-refractivity contribution in [2.24, 2.45) is 0 Å². The molecule has 4 heterocycles. The van der Waals surface area contributed by atoms with Crippen LogP contribution in [-0.2, 0) is 16.4 Å². The van der Waals surface area contributed by atoms with Crippen molar-refractivity contribution in [1.29, 1.82) is 0 Å². The minimum Gasteiger partial charge on any atom is -0.461 e. The zero-order valence-corrected chi connectivity index (χ0v) is 15.4. The van der Waals surface area contributed by atoms with Crippen LogP contribution < -0.4 is 5.32 Å². The van der Waals surface area contributed by atoms with Crippen molar-refractivity contribution in [2.75, 3.05) is 0 Å². The maximum atomic E-state index is 13.2. The number of nitrogens with one attached hydrogen (secondary N) is 1. The lowest BCUT2D eigenvalue weighted by Crippen LogP contribution is -2.30. The third-order valence-electron chi connectivity index (χ3n) is 5.92. The Morgan fingerprint density at radius 3 is 2.89 bits per heavy atom. The van der Waals surface area contributed by atoms with Crippen LogP contribution in [0.3, 0.4) is 0 Å². The van der Waals surface area contributed by atoms with Crippen LogP contribution in [0.4, 0.5) is 0 Å². The molecule has 1 N–H and O–H groups in total. The van der Waals surface area contributed by atoms with Crippen LogP contribution in [0.25, 0.3) is 21.9 Å². The normalized spacial score (nSPS) is 21.8. The Balaban J connectivity index is 1.52. The average molecular weight is 378 g/mol. The van der Waals surface area contributed by atoms with Gasteiger partial charge < -0.3 is 9.73 Å². The van der Waals surface area contributed by atoms with E-state index in [1.54, 1.807) is 18.3 Å². The highest BCUT2D eigenvalue weighted by Crippen LogP contribution is 2.42. The Kier molecular flexibility index (Phi) is 3.01. The third kappa shape index (κ3) is 2.11.